The number of carbonyl (C=O) groups is 1. The van der Waals surface area contributed by atoms with Gasteiger partial charge in [-0.25, -0.2) is 8.42 Å². The Morgan fingerprint density at radius 3 is 2.21 bits per heavy atom. The maximum Gasteiger partial charge on any atom is 0.204 e. The van der Waals surface area contributed by atoms with Crippen LogP contribution in [0, 0.1) is 6.92 Å². The first-order valence-electron chi connectivity index (χ1n) is 8.81. The molecule has 3 aromatic rings. The van der Waals surface area contributed by atoms with Crippen molar-refractivity contribution in [2.45, 2.75) is 12.7 Å². The van der Waals surface area contributed by atoms with Gasteiger partial charge in [-0.1, -0.05) is 75.6 Å². The molecular formula is C23H18BrClO3S. The van der Waals surface area contributed by atoms with Crippen molar-refractivity contribution >= 4 is 49.2 Å². The molecule has 148 valence electrons. The van der Waals surface area contributed by atoms with E-state index in [1.165, 1.54) is 18.2 Å². The Morgan fingerprint density at radius 2 is 1.59 bits per heavy atom. The minimum atomic E-state index is -3.90. The monoisotopic (exact) mass is 488 g/mol. The molecule has 3 nitrogen and oxygen atoms in total. The van der Waals surface area contributed by atoms with Gasteiger partial charge >= 0.3 is 0 Å². The first-order chi connectivity index (χ1) is 13.8. The number of Topliss-reactive ketones (excluding diaryl/α,β-unsaturated/α-hetero) is 1. The lowest BCUT2D eigenvalue weighted by atomic mass is 10.1. The van der Waals surface area contributed by atoms with Gasteiger partial charge < -0.3 is 0 Å². The summed E-state index contributed by atoms with van der Waals surface area (Å²) in [7, 11) is -3.90. The summed E-state index contributed by atoms with van der Waals surface area (Å²) in [5.74, 6) is -0.826. The molecule has 0 amide bonds. The molecule has 0 spiro atoms. The second kappa shape index (κ2) is 9.08. The summed E-state index contributed by atoms with van der Waals surface area (Å²) in [6.45, 7) is 1.93. The van der Waals surface area contributed by atoms with E-state index in [1.54, 1.807) is 42.5 Å². The molecule has 0 heterocycles. The molecule has 0 aliphatic carbocycles. The molecule has 0 saturated heterocycles. The first kappa shape index (κ1) is 21.5. The average Bonchev–Trinajstić information content (AvgIpc) is 2.69. The number of sulfone groups is 1. The van der Waals surface area contributed by atoms with Crippen molar-refractivity contribution < 1.29 is 13.2 Å². The molecular weight excluding hydrogens is 472 g/mol. The third-order valence-electron chi connectivity index (χ3n) is 4.33. The van der Waals surface area contributed by atoms with Crippen molar-refractivity contribution in [1.29, 1.82) is 0 Å². The zero-order valence-electron chi connectivity index (χ0n) is 15.6. The number of hydrogen-bond donors (Lipinski definition) is 0. The van der Waals surface area contributed by atoms with Crippen molar-refractivity contribution in [3.8, 4) is 0 Å². The minimum absolute atomic E-state index is 0.257. The van der Waals surface area contributed by atoms with Crippen LogP contribution in [-0.2, 0) is 15.6 Å². The van der Waals surface area contributed by atoms with Crippen molar-refractivity contribution in [3.05, 3.63) is 109 Å². The van der Waals surface area contributed by atoms with Crippen LogP contribution in [0.4, 0.5) is 0 Å². The van der Waals surface area contributed by atoms with E-state index in [9.17, 15) is 13.2 Å². The van der Waals surface area contributed by atoms with E-state index in [0.717, 1.165) is 5.56 Å². The summed E-state index contributed by atoms with van der Waals surface area (Å²) >= 11 is 9.32. The average molecular weight is 490 g/mol. The maximum absolute atomic E-state index is 13.3. The van der Waals surface area contributed by atoms with E-state index in [4.69, 9.17) is 11.6 Å². The number of benzene rings is 3. The Labute approximate surface area is 184 Å². The quantitative estimate of drug-likeness (QED) is 0.304. The van der Waals surface area contributed by atoms with E-state index in [0.29, 0.717) is 20.6 Å². The predicted octanol–water partition coefficient (Wildman–Crippen LogP) is 6.25. The zero-order chi connectivity index (χ0) is 21.0. The van der Waals surface area contributed by atoms with E-state index >= 15 is 0 Å². The number of carbonyl (C=O) groups excluding carboxylic acids is 1. The summed E-state index contributed by atoms with van der Waals surface area (Å²) in [6.07, 6.45) is 1.42. The molecule has 0 atom stereocenters. The fraction of sp³-hybridized carbons (Fsp3) is 0.0870. The maximum atomic E-state index is 13.3. The number of halogens is 2. The summed E-state index contributed by atoms with van der Waals surface area (Å²) in [6, 6.07) is 20.6. The fourth-order valence-corrected chi connectivity index (χ4v) is 4.77. The SMILES string of the molecule is Cc1ccc(CS(=O)(=O)/C(=C/c2ccccc2Br)C(=O)c2ccc(Cl)cc2)cc1. The second-order valence-corrected chi connectivity index (χ2v) is 9.86. The Balaban J connectivity index is 2.08. The Kier molecular flexibility index (Phi) is 6.73. The molecule has 0 unspecified atom stereocenters. The Bertz CT molecular complexity index is 1170. The summed E-state index contributed by atoms with van der Waals surface area (Å²) in [4.78, 5) is 12.9. The van der Waals surface area contributed by atoms with Gasteiger partial charge in [0.25, 0.3) is 0 Å². The highest BCUT2D eigenvalue weighted by atomic mass is 79.9. The molecule has 0 bridgehead atoms. The van der Waals surface area contributed by atoms with Crippen molar-refractivity contribution in [1.82, 2.24) is 0 Å². The molecule has 3 rings (SSSR count). The summed E-state index contributed by atoms with van der Waals surface area (Å²) in [5, 5.41) is 0.473. The van der Waals surface area contributed by atoms with E-state index in [-0.39, 0.29) is 16.2 Å². The fourth-order valence-electron chi connectivity index (χ4n) is 2.75. The highest BCUT2D eigenvalue weighted by Crippen LogP contribution is 2.26. The lowest BCUT2D eigenvalue weighted by molar-refractivity contribution is 0.104. The molecule has 0 aliphatic heterocycles. The van der Waals surface area contributed by atoms with Gasteiger partial charge in [0, 0.05) is 15.1 Å². The highest BCUT2D eigenvalue weighted by Gasteiger charge is 2.27. The van der Waals surface area contributed by atoms with Gasteiger partial charge in [0.05, 0.1) is 5.75 Å². The molecule has 0 N–H and O–H groups in total. The normalized spacial score (nSPS) is 12.0. The van der Waals surface area contributed by atoms with Crippen molar-refractivity contribution in [3.63, 3.8) is 0 Å². The van der Waals surface area contributed by atoms with Gasteiger partial charge in [-0.2, -0.15) is 0 Å². The minimum Gasteiger partial charge on any atom is -0.288 e. The number of ketones is 1. The van der Waals surface area contributed by atoms with E-state index < -0.39 is 15.6 Å². The van der Waals surface area contributed by atoms with Gasteiger partial charge in [-0.3, -0.25) is 4.79 Å². The zero-order valence-corrected chi connectivity index (χ0v) is 18.8. The molecule has 0 saturated carbocycles. The van der Waals surface area contributed by atoms with Crippen LogP contribution >= 0.6 is 27.5 Å². The Hall–Kier alpha value is -2.21. The van der Waals surface area contributed by atoms with Gasteiger partial charge in [0.15, 0.2) is 9.84 Å². The first-order valence-corrected chi connectivity index (χ1v) is 11.6. The van der Waals surface area contributed by atoms with Crippen molar-refractivity contribution in [2.75, 3.05) is 0 Å². The molecule has 0 fully saturated rings. The van der Waals surface area contributed by atoms with Gasteiger partial charge in [-0.05, 0) is 54.5 Å². The largest absolute Gasteiger partial charge is 0.288 e. The van der Waals surface area contributed by atoms with Crippen molar-refractivity contribution in [2.24, 2.45) is 0 Å². The highest BCUT2D eigenvalue weighted by molar-refractivity contribution is 9.10. The third-order valence-corrected chi connectivity index (χ3v) is 7.00. The van der Waals surface area contributed by atoms with Crippen LogP contribution in [0.25, 0.3) is 6.08 Å². The second-order valence-electron chi connectivity index (χ2n) is 6.61. The molecule has 3 aromatic carbocycles. The van der Waals surface area contributed by atoms with E-state index in [1.807, 2.05) is 25.1 Å². The lowest BCUT2D eigenvalue weighted by Gasteiger charge is -2.10. The molecule has 29 heavy (non-hydrogen) atoms. The van der Waals surface area contributed by atoms with E-state index in [2.05, 4.69) is 15.9 Å². The summed E-state index contributed by atoms with van der Waals surface area (Å²) < 4.78 is 27.2. The topological polar surface area (TPSA) is 51.2 Å². The van der Waals surface area contributed by atoms with Crippen LogP contribution in [0.15, 0.2) is 82.2 Å². The van der Waals surface area contributed by atoms with Crippen LogP contribution in [0.3, 0.4) is 0 Å². The molecule has 0 aromatic heterocycles. The molecule has 0 aliphatic rings. The number of hydrogen-bond acceptors (Lipinski definition) is 3. The molecule has 6 heteroatoms. The van der Waals surface area contributed by atoms with Crippen LogP contribution < -0.4 is 0 Å². The molecule has 0 radical (unpaired) electrons. The number of allylic oxidation sites excluding steroid dienone is 1. The number of rotatable bonds is 6. The van der Waals surface area contributed by atoms with Crippen LogP contribution in [0.2, 0.25) is 5.02 Å². The predicted molar refractivity (Wildman–Crippen MR) is 122 cm³/mol. The number of aryl methyl sites for hydroxylation is 1. The summed E-state index contributed by atoms with van der Waals surface area (Å²) in [5.41, 5.74) is 2.53. The smallest absolute Gasteiger partial charge is 0.204 e. The van der Waals surface area contributed by atoms with Crippen LogP contribution in [0.5, 0.6) is 0 Å². The standard InChI is InChI=1S/C23H18BrClO3S/c1-16-6-8-17(9-7-16)15-29(27,28)22(14-19-4-2-3-5-21(19)24)23(26)18-10-12-20(25)13-11-18/h2-14H,15H2,1H3/b22-14+. The third kappa shape index (κ3) is 5.44. The Morgan fingerprint density at radius 1 is 0.966 bits per heavy atom. The van der Waals surface area contributed by atoms with Gasteiger partial charge in [-0.15, -0.1) is 0 Å². The van der Waals surface area contributed by atoms with Crippen LogP contribution in [-0.4, -0.2) is 14.2 Å². The van der Waals surface area contributed by atoms with Gasteiger partial charge in [0.1, 0.15) is 4.91 Å². The van der Waals surface area contributed by atoms with Gasteiger partial charge in [0.2, 0.25) is 5.78 Å². The lowest BCUT2D eigenvalue weighted by Crippen LogP contribution is -2.16. The van der Waals surface area contributed by atoms with Crippen LogP contribution in [0.1, 0.15) is 27.0 Å².